The summed E-state index contributed by atoms with van der Waals surface area (Å²) in [6.45, 7) is 9.47. The monoisotopic (exact) mass is 277 g/mol. The zero-order chi connectivity index (χ0) is 13.8. The first-order valence-corrected chi connectivity index (χ1v) is 7.73. The van der Waals surface area contributed by atoms with E-state index in [1.807, 2.05) is 6.07 Å². The number of halogens is 1. The summed E-state index contributed by atoms with van der Waals surface area (Å²) in [6, 6.07) is 6.70. The lowest BCUT2D eigenvalue weighted by atomic mass is 9.68. The lowest BCUT2D eigenvalue weighted by Crippen LogP contribution is -2.45. The van der Waals surface area contributed by atoms with Crippen LogP contribution in [0.25, 0.3) is 0 Å². The molecule has 2 bridgehead atoms. The third-order valence-electron chi connectivity index (χ3n) is 5.77. The van der Waals surface area contributed by atoms with Crippen molar-refractivity contribution in [1.29, 1.82) is 0 Å². The van der Waals surface area contributed by atoms with Crippen molar-refractivity contribution >= 4 is 17.3 Å². The van der Waals surface area contributed by atoms with Crippen molar-refractivity contribution in [2.24, 2.45) is 16.7 Å². The van der Waals surface area contributed by atoms with Gasteiger partial charge in [0.1, 0.15) is 0 Å². The summed E-state index contributed by atoms with van der Waals surface area (Å²) >= 11 is 6.15. The van der Waals surface area contributed by atoms with Gasteiger partial charge in [0.15, 0.2) is 0 Å². The highest BCUT2D eigenvalue weighted by molar-refractivity contribution is 6.30. The van der Waals surface area contributed by atoms with Crippen molar-refractivity contribution in [1.82, 2.24) is 0 Å². The third kappa shape index (κ3) is 1.98. The Kier molecular flexibility index (Phi) is 2.91. The molecule has 3 atom stereocenters. The van der Waals surface area contributed by atoms with Gasteiger partial charge in [-0.25, -0.2) is 0 Å². The summed E-state index contributed by atoms with van der Waals surface area (Å²) in [4.78, 5) is 0. The van der Waals surface area contributed by atoms with Gasteiger partial charge in [-0.05, 0) is 60.6 Å². The molecule has 0 spiro atoms. The van der Waals surface area contributed by atoms with Gasteiger partial charge < -0.3 is 5.32 Å². The average Bonchev–Trinajstić information content (AvgIpc) is 2.80. The Balaban J connectivity index is 1.92. The highest BCUT2D eigenvalue weighted by atomic mass is 35.5. The minimum atomic E-state index is 0.377. The van der Waals surface area contributed by atoms with Crippen molar-refractivity contribution in [3.05, 3.63) is 28.8 Å². The van der Waals surface area contributed by atoms with E-state index in [9.17, 15) is 0 Å². The number of hydrogen-bond acceptors (Lipinski definition) is 1. The van der Waals surface area contributed by atoms with Crippen molar-refractivity contribution in [2.75, 3.05) is 5.32 Å². The molecule has 104 valence electrons. The number of hydrogen-bond donors (Lipinski definition) is 1. The molecule has 2 heteroatoms. The van der Waals surface area contributed by atoms with Crippen LogP contribution in [-0.2, 0) is 0 Å². The molecule has 0 saturated heterocycles. The number of fused-ring (bicyclic) bond motifs is 2. The molecule has 0 aromatic heterocycles. The first kappa shape index (κ1) is 13.3. The van der Waals surface area contributed by atoms with E-state index in [0.29, 0.717) is 16.9 Å². The second-order valence-corrected chi connectivity index (χ2v) is 7.89. The Morgan fingerprint density at radius 3 is 2.63 bits per heavy atom. The summed E-state index contributed by atoms with van der Waals surface area (Å²) in [5.41, 5.74) is 3.32. The quantitative estimate of drug-likeness (QED) is 0.776. The Labute approximate surface area is 121 Å². The minimum absolute atomic E-state index is 0.377. The number of rotatable bonds is 2. The predicted octanol–water partition coefficient (Wildman–Crippen LogP) is 5.28. The van der Waals surface area contributed by atoms with Crippen LogP contribution in [0.5, 0.6) is 0 Å². The van der Waals surface area contributed by atoms with E-state index in [-0.39, 0.29) is 0 Å². The third-order valence-corrected chi connectivity index (χ3v) is 6.00. The second kappa shape index (κ2) is 4.15. The fraction of sp³-hybridized carbons (Fsp3) is 0.647. The molecule has 1 N–H and O–H groups in total. The summed E-state index contributed by atoms with van der Waals surface area (Å²) in [7, 11) is 0. The van der Waals surface area contributed by atoms with Crippen LogP contribution < -0.4 is 5.32 Å². The molecular weight excluding hydrogens is 254 g/mol. The zero-order valence-corrected chi connectivity index (χ0v) is 13.1. The smallest absolute Gasteiger partial charge is 0.0426 e. The van der Waals surface area contributed by atoms with Crippen molar-refractivity contribution < 1.29 is 0 Å². The fourth-order valence-corrected chi connectivity index (χ4v) is 4.74. The van der Waals surface area contributed by atoms with Crippen LogP contribution in [-0.4, -0.2) is 6.04 Å². The molecule has 2 aliphatic carbocycles. The molecule has 1 nitrogen and oxygen atoms in total. The van der Waals surface area contributed by atoms with E-state index in [1.54, 1.807) is 0 Å². The molecule has 1 unspecified atom stereocenters. The van der Waals surface area contributed by atoms with Crippen LogP contribution in [0.4, 0.5) is 5.69 Å². The maximum Gasteiger partial charge on any atom is 0.0426 e. The van der Waals surface area contributed by atoms with E-state index in [0.717, 1.165) is 10.9 Å². The first-order chi connectivity index (χ1) is 8.83. The van der Waals surface area contributed by atoms with Crippen LogP contribution in [0.1, 0.15) is 45.6 Å². The lowest BCUT2D eigenvalue weighted by Gasteiger charge is -2.44. The van der Waals surface area contributed by atoms with Gasteiger partial charge in [0.05, 0.1) is 0 Å². The number of benzene rings is 1. The molecule has 0 aliphatic heterocycles. The largest absolute Gasteiger partial charge is 0.381 e. The molecule has 1 aromatic carbocycles. The van der Waals surface area contributed by atoms with Crippen LogP contribution in [0, 0.1) is 23.7 Å². The number of nitrogens with one attached hydrogen (secondary N) is 1. The van der Waals surface area contributed by atoms with Crippen molar-refractivity contribution in [2.45, 2.75) is 53.0 Å². The number of aryl methyl sites for hydroxylation is 1. The summed E-state index contributed by atoms with van der Waals surface area (Å²) in [6.07, 6.45) is 4.13. The summed E-state index contributed by atoms with van der Waals surface area (Å²) < 4.78 is 0. The molecule has 2 aliphatic rings. The Morgan fingerprint density at radius 1 is 1.26 bits per heavy atom. The molecular formula is C17H24ClN. The molecule has 2 saturated carbocycles. The minimum Gasteiger partial charge on any atom is -0.381 e. The second-order valence-electron chi connectivity index (χ2n) is 7.45. The van der Waals surface area contributed by atoms with E-state index in [2.05, 4.69) is 45.1 Å². The van der Waals surface area contributed by atoms with Crippen LogP contribution in [0.15, 0.2) is 18.2 Å². The first-order valence-electron chi connectivity index (χ1n) is 7.36. The molecule has 0 heterocycles. The van der Waals surface area contributed by atoms with Gasteiger partial charge >= 0.3 is 0 Å². The Bertz CT molecular complexity index is 503. The van der Waals surface area contributed by atoms with Crippen LogP contribution >= 0.6 is 11.6 Å². The van der Waals surface area contributed by atoms with Crippen LogP contribution in [0.2, 0.25) is 5.02 Å². The van der Waals surface area contributed by atoms with Gasteiger partial charge in [-0.15, -0.1) is 0 Å². The highest BCUT2D eigenvalue weighted by Gasteiger charge is 2.59. The molecule has 0 amide bonds. The topological polar surface area (TPSA) is 12.0 Å². The fourth-order valence-electron chi connectivity index (χ4n) is 4.57. The number of anilines is 1. The molecule has 0 radical (unpaired) electrons. The van der Waals surface area contributed by atoms with Gasteiger partial charge in [0.25, 0.3) is 0 Å². The Hall–Kier alpha value is -0.690. The summed E-state index contributed by atoms with van der Waals surface area (Å²) in [5.74, 6) is 0.870. The zero-order valence-electron chi connectivity index (χ0n) is 12.4. The van der Waals surface area contributed by atoms with Crippen molar-refractivity contribution in [3.63, 3.8) is 0 Å². The van der Waals surface area contributed by atoms with E-state index < -0.39 is 0 Å². The highest BCUT2D eigenvalue weighted by Crippen LogP contribution is 2.63. The van der Waals surface area contributed by atoms with Gasteiger partial charge in [-0.2, -0.15) is 0 Å². The Morgan fingerprint density at radius 2 is 2.00 bits per heavy atom. The average molecular weight is 278 g/mol. The van der Waals surface area contributed by atoms with Gasteiger partial charge in [-0.1, -0.05) is 38.4 Å². The predicted molar refractivity (Wildman–Crippen MR) is 82.8 cm³/mol. The van der Waals surface area contributed by atoms with E-state index in [4.69, 9.17) is 11.6 Å². The molecule has 2 fully saturated rings. The van der Waals surface area contributed by atoms with Gasteiger partial charge in [-0.3, -0.25) is 0 Å². The van der Waals surface area contributed by atoms with Gasteiger partial charge in [0.2, 0.25) is 0 Å². The van der Waals surface area contributed by atoms with Gasteiger partial charge in [0, 0.05) is 16.8 Å². The van der Waals surface area contributed by atoms with Crippen LogP contribution in [0.3, 0.4) is 0 Å². The maximum absolute atomic E-state index is 6.15. The standard InChI is InChI=1S/C17H24ClN/c1-11-5-6-13(18)9-14(11)19-15-16(2,3)12-7-8-17(15,4)10-12/h5-6,9,12,15,19H,7-8,10H2,1-4H3/t12-,15?,17+/m0/s1. The lowest BCUT2D eigenvalue weighted by molar-refractivity contribution is 0.155. The van der Waals surface area contributed by atoms with E-state index in [1.165, 1.54) is 30.5 Å². The SMILES string of the molecule is Cc1ccc(Cl)cc1NC1C(C)(C)[C@H]2CC[C@]1(C)C2. The molecule has 1 aromatic rings. The maximum atomic E-state index is 6.15. The van der Waals surface area contributed by atoms with Crippen molar-refractivity contribution in [3.8, 4) is 0 Å². The molecule has 3 rings (SSSR count). The normalized spacial score (nSPS) is 35.6. The molecule has 19 heavy (non-hydrogen) atoms. The summed E-state index contributed by atoms with van der Waals surface area (Å²) in [5, 5.41) is 4.65. The van der Waals surface area contributed by atoms with E-state index >= 15 is 0 Å².